The number of fused-ring (bicyclic) bond motifs is 1. The topological polar surface area (TPSA) is 43.8 Å². The van der Waals surface area contributed by atoms with Crippen molar-refractivity contribution in [3.8, 4) is 0 Å². The van der Waals surface area contributed by atoms with Gasteiger partial charge in [0.1, 0.15) is 5.82 Å². The predicted molar refractivity (Wildman–Crippen MR) is 81.7 cm³/mol. The molecule has 0 atom stereocenters. The monoisotopic (exact) mass is 263 g/mol. The van der Waals surface area contributed by atoms with Crippen LogP contribution in [0.4, 0.5) is 5.69 Å². The number of hydrogen-bond acceptors (Lipinski definition) is 2. The Labute approximate surface area is 118 Å². The molecule has 1 aliphatic rings. The van der Waals surface area contributed by atoms with Crippen LogP contribution in [-0.2, 0) is 6.42 Å². The molecule has 0 aliphatic heterocycles. The number of rotatable bonds is 3. The first-order chi connectivity index (χ1) is 9.81. The molecule has 1 fully saturated rings. The van der Waals surface area contributed by atoms with Gasteiger partial charge in [-0.25, -0.2) is 4.98 Å². The number of nitrogens with two attached hydrogens (primary N) is 1. The van der Waals surface area contributed by atoms with E-state index in [4.69, 9.17) is 10.7 Å². The first-order valence-corrected chi connectivity index (χ1v) is 7.11. The number of benzene rings is 2. The van der Waals surface area contributed by atoms with Gasteiger partial charge < -0.3 is 10.3 Å². The van der Waals surface area contributed by atoms with Crippen molar-refractivity contribution >= 4 is 16.7 Å². The molecule has 1 aromatic heterocycles. The normalized spacial score (nSPS) is 14.8. The minimum absolute atomic E-state index is 0.645. The van der Waals surface area contributed by atoms with Gasteiger partial charge in [-0.3, -0.25) is 0 Å². The molecule has 100 valence electrons. The maximum atomic E-state index is 5.75. The SMILES string of the molecule is Nc1ccc(Cc2nc3ccccc3n2C2CC2)cc1. The molecule has 0 radical (unpaired) electrons. The fourth-order valence-electron chi connectivity index (χ4n) is 2.78. The summed E-state index contributed by atoms with van der Waals surface area (Å²) in [4.78, 5) is 4.82. The van der Waals surface area contributed by atoms with Crippen LogP contribution in [-0.4, -0.2) is 9.55 Å². The third kappa shape index (κ3) is 1.95. The molecule has 0 spiro atoms. The van der Waals surface area contributed by atoms with E-state index in [0.717, 1.165) is 17.6 Å². The van der Waals surface area contributed by atoms with Gasteiger partial charge in [0, 0.05) is 18.2 Å². The minimum Gasteiger partial charge on any atom is -0.399 e. The molecular weight excluding hydrogens is 246 g/mol. The van der Waals surface area contributed by atoms with Crippen LogP contribution in [0.25, 0.3) is 11.0 Å². The highest BCUT2D eigenvalue weighted by atomic mass is 15.1. The summed E-state index contributed by atoms with van der Waals surface area (Å²) in [5.41, 5.74) is 10.2. The molecule has 0 unspecified atom stereocenters. The van der Waals surface area contributed by atoms with Crippen molar-refractivity contribution < 1.29 is 0 Å². The summed E-state index contributed by atoms with van der Waals surface area (Å²) in [7, 11) is 0. The van der Waals surface area contributed by atoms with Crippen molar-refractivity contribution in [3.63, 3.8) is 0 Å². The van der Waals surface area contributed by atoms with Crippen molar-refractivity contribution in [2.45, 2.75) is 25.3 Å². The van der Waals surface area contributed by atoms with Crippen LogP contribution in [0.3, 0.4) is 0 Å². The fraction of sp³-hybridized carbons (Fsp3) is 0.235. The number of aromatic nitrogens is 2. The number of nitrogens with zero attached hydrogens (tertiary/aromatic N) is 2. The Hall–Kier alpha value is -2.29. The van der Waals surface area contributed by atoms with Gasteiger partial charge in [0.15, 0.2) is 0 Å². The Morgan fingerprint density at radius 1 is 1.05 bits per heavy atom. The number of anilines is 1. The van der Waals surface area contributed by atoms with E-state index in [2.05, 4.69) is 41.0 Å². The predicted octanol–water partition coefficient (Wildman–Crippen LogP) is 3.54. The van der Waals surface area contributed by atoms with Crippen LogP contribution in [0.5, 0.6) is 0 Å². The van der Waals surface area contributed by atoms with Crippen LogP contribution < -0.4 is 5.73 Å². The standard InChI is InChI=1S/C17H17N3/c18-13-7-5-12(6-8-13)11-17-19-15-3-1-2-4-16(15)20(17)14-9-10-14/h1-8,14H,9-11,18H2. The maximum absolute atomic E-state index is 5.75. The lowest BCUT2D eigenvalue weighted by Crippen LogP contribution is -2.02. The smallest absolute Gasteiger partial charge is 0.114 e. The first kappa shape index (κ1) is 11.5. The molecule has 0 bridgehead atoms. The van der Waals surface area contributed by atoms with E-state index >= 15 is 0 Å². The summed E-state index contributed by atoms with van der Waals surface area (Å²) in [5.74, 6) is 1.17. The van der Waals surface area contributed by atoms with E-state index in [1.165, 1.54) is 29.7 Å². The minimum atomic E-state index is 0.645. The largest absolute Gasteiger partial charge is 0.399 e. The molecule has 3 nitrogen and oxygen atoms in total. The number of imidazole rings is 1. The average molecular weight is 263 g/mol. The Bertz CT molecular complexity index is 752. The van der Waals surface area contributed by atoms with Gasteiger partial charge in [-0.05, 0) is 42.7 Å². The quantitative estimate of drug-likeness (QED) is 0.734. The summed E-state index contributed by atoms with van der Waals surface area (Å²) in [5, 5.41) is 0. The third-order valence-electron chi connectivity index (χ3n) is 3.92. The lowest BCUT2D eigenvalue weighted by molar-refractivity contribution is 0.715. The molecule has 3 heteroatoms. The molecule has 1 saturated carbocycles. The van der Waals surface area contributed by atoms with E-state index in [1.54, 1.807) is 0 Å². The number of nitrogen functional groups attached to an aromatic ring is 1. The lowest BCUT2D eigenvalue weighted by atomic mass is 10.1. The molecule has 1 heterocycles. The zero-order valence-corrected chi connectivity index (χ0v) is 11.3. The third-order valence-corrected chi connectivity index (χ3v) is 3.92. The van der Waals surface area contributed by atoms with Gasteiger partial charge in [0.25, 0.3) is 0 Å². The van der Waals surface area contributed by atoms with Crippen LogP contribution in [0.1, 0.15) is 30.3 Å². The van der Waals surface area contributed by atoms with Gasteiger partial charge in [-0.1, -0.05) is 24.3 Å². The molecule has 20 heavy (non-hydrogen) atoms. The van der Waals surface area contributed by atoms with Crippen LogP contribution in [0, 0.1) is 0 Å². The highest BCUT2D eigenvalue weighted by Crippen LogP contribution is 2.39. The highest BCUT2D eigenvalue weighted by Gasteiger charge is 2.27. The van der Waals surface area contributed by atoms with E-state index in [-0.39, 0.29) is 0 Å². The molecule has 4 rings (SSSR count). The Morgan fingerprint density at radius 3 is 2.55 bits per heavy atom. The molecule has 2 N–H and O–H groups in total. The number of hydrogen-bond donors (Lipinski definition) is 1. The summed E-state index contributed by atoms with van der Waals surface area (Å²) < 4.78 is 2.42. The van der Waals surface area contributed by atoms with Crippen LogP contribution in [0.15, 0.2) is 48.5 Å². The second-order valence-electron chi connectivity index (χ2n) is 5.54. The zero-order chi connectivity index (χ0) is 13.5. The molecular formula is C17H17N3. The number of para-hydroxylation sites is 2. The van der Waals surface area contributed by atoms with Gasteiger partial charge >= 0.3 is 0 Å². The summed E-state index contributed by atoms with van der Waals surface area (Å²) in [6.07, 6.45) is 3.41. The van der Waals surface area contributed by atoms with Crippen molar-refractivity contribution in [1.82, 2.24) is 9.55 Å². The molecule has 3 aromatic rings. The lowest BCUT2D eigenvalue weighted by Gasteiger charge is -2.07. The van der Waals surface area contributed by atoms with Crippen molar-refractivity contribution in [2.75, 3.05) is 5.73 Å². The summed E-state index contributed by atoms with van der Waals surface area (Å²) in [6, 6.07) is 17.2. The highest BCUT2D eigenvalue weighted by molar-refractivity contribution is 5.76. The molecule has 0 amide bonds. The van der Waals surface area contributed by atoms with Gasteiger partial charge in [0.2, 0.25) is 0 Å². The Kier molecular flexibility index (Phi) is 2.52. The van der Waals surface area contributed by atoms with E-state index in [0.29, 0.717) is 6.04 Å². The second kappa shape index (κ2) is 4.37. The Balaban J connectivity index is 1.78. The van der Waals surface area contributed by atoms with Gasteiger partial charge in [-0.15, -0.1) is 0 Å². The Morgan fingerprint density at radius 2 is 1.80 bits per heavy atom. The van der Waals surface area contributed by atoms with Crippen molar-refractivity contribution in [1.29, 1.82) is 0 Å². The van der Waals surface area contributed by atoms with E-state index < -0.39 is 0 Å². The van der Waals surface area contributed by atoms with Crippen molar-refractivity contribution in [3.05, 3.63) is 59.9 Å². The summed E-state index contributed by atoms with van der Waals surface area (Å²) in [6.45, 7) is 0. The van der Waals surface area contributed by atoms with E-state index in [1.807, 2.05) is 12.1 Å². The van der Waals surface area contributed by atoms with Crippen LogP contribution >= 0.6 is 0 Å². The van der Waals surface area contributed by atoms with Gasteiger partial charge in [0.05, 0.1) is 11.0 Å². The van der Waals surface area contributed by atoms with Gasteiger partial charge in [-0.2, -0.15) is 0 Å². The molecule has 2 aromatic carbocycles. The molecule has 0 saturated heterocycles. The summed E-state index contributed by atoms with van der Waals surface area (Å²) >= 11 is 0. The second-order valence-corrected chi connectivity index (χ2v) is 5.54. The van der Waals surface area contributed by atoms with Crippen LogP contribution in [0.2, 0.25) is 0 Å². The maximum Gasteiger partial charge on any atom is 0.114 e. The first-order valence-electron chi connectivity index (χ1n) is 7.11. The fourth-order valence-corrected chi connectivity index (χ4v) is 2.78. The zero-order valence-electron chi connectivity index (χ0n) is 11.3. The van der Waals surface area contributed by atoms with E-state index in [9.17, 15) is 0 Å². The average Bonchev–Trinajstić information content (AvgIpc) is 3.23. The molecule has 1 aliphatic carbocycles. The van der Waals surface area contributed by atoms with Crippen molar-refractivity contribution in [2.24, 2.45) is 0 Å².